The number of sulfonamides is 1. The van der Waals surface area contributed by atoms with Gasteiger partial charge in [-0.25, -0.2) is 17.5 Å². The summed E-state index contributed by atoms with van der Waals surface area (Å²) in [4.78, 5) is 12.5. The Bertz CT molecular complexity index is 1130. The van der Waals surface area contributed by atoms with Gasteiger partial charge in [-0.15, -0.1) is 0 Å². The van der Waals surface area contributed by atoms with Crippen LogP contribution in [0.1, 0.15) is 25.5 Å². The number of halogens is 1. The van der Waals surface area contributed by atoms with Crippen molar-refractivity contribution in [3.8, 4) is 5.69 Å². The molecule has 0 saturated carbocycles. The van der Waals surface area contributed by atoms with E-state index >= 15 is 0 Å². The van der Waals surface area contributed by atoms with Gasteiger partial charge in [-0.2, -0.15) is 0 Å². The fourth-order valence-corrected chi connectivity index (χ4v) is 4.24. The summed E-state index contributed by atoms with van der Waals surface area (Å²) in [5.74, 6) is -1.03. The van der Waals surface area contributed by atoms with Gasteiger partial charge in [0.05, 0.1) is 11.4 Å². The summed E-state index contributed by atoms with van der Waals surface area (Å²) >= 11 is 0. The van der Waals surface area contributed by atoms with Crippen molar-refractivity contribution in [2.45, 2.75) is 24.7 Å². The highest BCUT2D eigenvalue weighted by molar-refractivity contribution is 7.92. The van der Waals surface area contributed by atoms with Crippen LogP contribution in [-0.2, 0) is 17.1 Å². The minimum absolute atomic E-state index is 0.0837. The van der Waals surface area contributed by atoms with Crippen LogP contribution in [0, 0.1) is 5.82 Å². The van der Waals surface area contributed by atoms with Crippen LogP contribution in [0.5, 0.6) is 0 Å². The van der Waals surface area contributed by atoms with E-state index < -0.39 is 26.3 Å². The highest BCUT2D eigenvalue weighted by atomic mass is 32.2. The zero-order chi connectivity index (χ0) is 19.8. The third kappa shape index (κ3) is 3.40. The van der Waals surface area contributed by atoms with Crippen molar-refractivity contribution in [2.24, 2.45) is 7.05 Å². The molecule has 0 unspecified atom stereocenters. The number of anilines is 1. The second-order valence-corrected chi connectivity index (χ2v) is 8.08. The molecule has 0 radical (unpaired) electrons. The average molecular weight is 389 g/mol. The van der Waals surface area contributed by atoms with Gasteiger partial charge in [0.25, 0.3) is 15.6 Å². The van der Waals surface area contributed by atoms with Gasteiger partial charge in [0, 0.05) is 7.05 Å². The van der Waals surface area contributed by atoms with Crippen molar-refractivity contribution >= 4 is 15.7 Å². The van der Waals surface area contributed by atoms with Crippen LogP contribution in [0.25, 0.3) is 5.69 Å². The number of nitrogens with zero attached hydrogens (tertiary/aromatic N) is 2. The molecule has 0 aliphatic rings. The molecule has 2 aromatic carbocycles. The number of benzene rings is 2. The first-order valence-electron chi connectivity index (χ1n) is 8.38. The largest absolute Gasteiger partial charge is 0.296 e. The van der Waals surface area contributed by atoms with Gasteiger partial charge in [-0.05, 0) is 30.2 Å². The minimum atomic E-state index is -4.26. The van der Waals surface area contributed by atoms with E-state index in [2.05, 4.69) is 4.72 Å². The molecule has 6 nitrogen and oxygen atoms in total. The number of para-hydroxylation sites is 1. The van der Waals surface area contributed by atoms with Crippen LogP contribution in [0.15, 0.2) is 64.3 Å². The molecule has 1 N–H and O–H groups in total. The molecule has 27 heavy (non-hydrogen) atoms. The normalized spacial score (nSPS) is 11.7. The Labute approximate surface area is 156 Å². The molecule has 1 aromatic heterocycles. The molecular formula is C19H20FN3O3S. The van der Waals surface area contributed by atoms with Crippen LogP contribution in [-0.4, -0.2) is 17.8 Å². The number of nitrogens with one attached hydrogen (secondary N) is 1. The van der Waals surface area contributed by atoms with Gasteiger partial charge < -0.3 is 0 Å². The summed E-state index contributed by atoms with van der Waals surface area (Å²) in [5, 5.41) is 0. The summed E-state index contributed by atoms with van der Waals surface area (Å²) in [7, 11) is -2.57. The quantitative estimate of drug-likeness (QED) is 0.728. The van der Waals surface area contributed by atoms with Crippen molar-refractivity contribution in [2.75, 3.05) is 4.72 Å². The second kappa shape index (κ2) is 7.03. The zero-order valence-electron chi connectivity index (χ0n) is 15.2. The maximum absolute atomic E-state index is 14.0. The van der Waals surface area contributed by atoms with Crippen molar-refractivity contribution in [1.29, 1.82) is 0 Å². The van der Waals surface area contributed by atoms with Crippen LogP contribution >= 0.6 is 0 Å². The molecular weight excluding hydrogens is 369 g/mol. The molecule has 0 atom stereocenters. The molecule has 1 heterocycles. The fourth-order valence-electron chi connectivity index (χ4n) is 3.09. The summed E-state index contributed by atoms with van der Waals surface area (Å²) in [6.07, 6.45) is 0. The molecule has 3 aromatic rings. The maximum atomic E-state index is 14.0. The number of aromatic nitrogens is 2. The maximum Gasteiger partial charge on any atom is 0.296 e. The monoisotopic (exact) mass is 389 g/mol. The standard InChI is InChI=1S/C19H20FN3O3S/c1-13(2)18-17(21-27(25,26)16-12-8-7-11-15(16)20)19(24)23(22(18)3)14-9-5-4-6-10-14/h4-13,21H,1-3H3. The molecule has 0 fully saturated rings. The Morgan fingerprint density at radius 3 is 2.19 bits per heavy atom. The lowest BCUT2D eigenvalue weighted by atomic mass is 10.1. The molecule has 8 heteroatoms. The number of rotatable bonds is 5. The third-order valence-electron chi connectivity index (χ3n) is 4.22. The first-order chi connectivity index (χ1) is 12.7. The minimum Gasteiger partial charge on any atom is -0.283 e. The van der Waals surface area contributed by atoms with Gasteiger partial charge in [0.2, 0.25) is 0 Å². The Hall–Kier alpha value is -2.87. The zero-order valence-corrected chi connectivity index (χ0v) is 16.0. The van der Waals surface area contributed by atoms with Crippen LogP contribution in [0.2, 0.25) is 0 Å². The summed E-state index contributed by atoms with van der Waals surface area (Å²) in [6.45, 7) is 3.70. The lowest BCUT2D eigenvalue weighted by Gasteiger charge is -2.13. The average Bonchev–Trinajstić information content (AvgIpc) is 2.85. The SMILES string of the molecule is CC(C)c1c(NS(=O)(=O)c2ccccc2F)c(=O)n(-c2ccccc2)n1C. The lowest BCUT2D eigenvalue weighted by Crippen LogP contribution is -2.23. The van der Waals surface area contributed by atoms with Gasteiger partial charge in [-0.1, -0.05) is 44.2 Å². The Balaban J connectivity index is 2.19. The molecule has 142 valence electrons. The first-order valence-corrected chi connectivity index (χ1v) is 9.87. The predicted octanol–water partition coefficient (Wildman–Crippen LogP) is 3.24. The molecule has 0 saturated heterocycles. The van der Waals surface area contributed by atoms with Crippen molar-refractivity contribution < 1.29 is 12.8 Å². The number of hydrogen-bond donors (Lipinski definition) is 1. The van der Waals surface area contributed by atoms with E-state index in [4.69, 9.17) is 0 Å². The van der Waals surface area contributed by atoms with Crippen molar-refractivity contribution in [3.05, 3.63) is 76.5 Å². The lowest BCUT2D eigenvalue weighted by molar-refractivity contribution is 0.570. The first kappa shape index (κ1) is 18.9. The molecule has 0 bridgehead atoms. The van der Waals surface area contributed by atoms with Gasteiger partial charge in [-0.3, -0.25) is 14.2 Å². The van der Waals surface area contributed by atoms with E-state index in [9.17, 15) is 17.6 Å². The van der Waals surface area contributed by atoms with Gasteiger partial charge in [0.1, 0.15) is 16.4 Å². The highest BCUT2D eigenvalue weighted by Crippen LogP contribution is 2.26. The molecule has 0 spiro atoms. The van der Waals surface area contributed by atoms with Crippen molar-refractivity contribution in [3.63, 3.8) is 0 Å². The Morgan fingerprint density at radius 2 is 1.59 bits per heavy atom. The summed E-state index contributed by atoms with van der Waals surface area (Å²) < 4.78 is 44.7. The number of hydrogen-bond acceptors (Lipinski definition) is 3. The fraction of sp³-hybridized carbons (Fsp3) is 0.211. The van der Waals surface area contributed by atoms with E-state index in [0.717, 1.165) is 12.1 Å². The Kier molecular flexibility index (Phi) is 4.93. The van der Waals surface area contributed by atoms with Gasteiger partial charge in [0.15, 0.2) is 0 Å². The van der Waals surface area contributed by atoms with E-state index in [1.165, 1.54) is 16.8 Å². The van der Waals surface area contributed by atoms with Crippen LogP contribution in [0.3, 0.4) is 0 Å². The van der Waals surface area contributed by atoms with E-state index in [0.29, 0.717) is 11.4 Å². The Morgan fingerprint density at radius 1 is 1.00 bits per heavy atom. The summed E-state index contributed by atoms with van der Waals surface area (Å²) in [6, 6.07) is 13.9. The molecule has 0 aliphatic heterocycles. The second-order valence-electron chi connectivity index (χ2n) is 6.43. The predicted molar refractivity (Wildman–Crippen MR) is 102 cm³/mol. The summed E-state index contributed by atoms with van der Waals surface area (Å²) in [5.41, 5.74) is 0.499. The van der Waals surface area contributed by atoms with Crippen LogP contribution in [0.4, 0.5) is 10.1 Å². The van der Waals surface area contributed by atoms with Gasteiger partial charge >= 0.3 is 0 Å². The molecule has 0 amide bonds. The van der Waals surface area contributed by atoms with E-state index in [1.807, 2.05) is 19.9 Å². The molecule has 0 aliphatic carbocycles. The third-order valence-corrected chi connectivity index (χ3v) is 5.60. The van der Waals surface area contributed by atoms with Crippen LogP contribution < -0.4 is 10.3 Å². The van der Waals surface area contributed by atoms with E-state index in [-0.39, 0.29) is 11.6 Å². The topological polar surface area (TPSA) is 73.1 Å². The van der Waals surface area contributed by atoms with E-state index in [1.54, 1.807) is 36.0 Å². The smallest absolute Gasteiger partial charge is 0.283 e. The molecule has 3 rings (SSSR count). The van der Waals surface area contributed by atoms with Crippen molar-refractivity contribution in [1.82, 2.24) is 9.36 Å². The highest BCUT2D eigenvalue weighted by Gasteiger charge is 2.27.